The summed E-state index contributed by atoms with van der Waals surface area (Å²) in [5, 5.41) is 9.18. The molecule has 3 N–H and O–H groups in total. The zero-order valence-corrected chi connectivity index (χ0v) is 8.30. The Kier molecular flexibility index (Phi) is 2.69. The van der Waals surface area contributed by atoms with E-state index in [9.17, 15) is 5.11 Å². The molecule has 4 nitrogen and oxygen atoms in total. The molecule has 0 saturated carbocycles. The topological polar surface area (TPSA) is 64.1 Å². The van der Waals surface area contributed by atoms with Crippen LogP contribution in [0.3, 0.4) is 0 Å². The lowest BCUT2D eigenvalue weighted by molar-refractivity contribution is 0.475. The van der Waals surface area contributed by atoms with Gasteiger partial charge in [0.25, 0.3) is 0 Å². The molecule has 0 aliphatic heterocycles. The molecule has 2 rings (SSSR count). The standard InChI is InChI=1S/C11H13N3O/c12-5-7-14-8-6-13-11(14)9-1-3-10(15)4-2-9/h1-4,6,8,15H,5,7,12H2. The first-order valence-corrected chi connectivity index (χ1v) is 4.82. The van der Waals surface area contributed by atoms with Gasteiger partial charge in [0.15, 0.2) is 0 Å². The summed E-state index contributed by atoms with van der Waals surface area (Å²) in [6, 6.07) is 6.98. The average molecular weight is 203 g/mol. The molecular weight excluding hydrogens is 190 g/mol. The quantitative estimate of drug-likeness (QED) is 0.788. The molecule has 0 aliphatic rings. The Morgan fingerprint density at radius 1 is 1.27 bits per heavy atom. The van der Waals surface area contributed by atoms with Gasteiger partial charge in [0.2, 0.25) is 0 Å². The lowest BCUT2D eigenvalue weighted by Gasteiger charge is -2.05. The predicted octanol–water partition coefficient (Wildman–Crippen LogP) is 1.21. The van der Waals surface area contributed by atoms with E-state index in [1.807, 2.05) is 22.9 Å². The minimum absolute atomic E-state index is 0.260. The maximum absolute atomic E-state index is 9.18. The number of nitrogens with zero attached hydrogens (tertiary/aromatic N) is 2. The summed E-state index contributed by atoms with van der Waals surface area (Å²) in [6.45, 7) is 1.33. The highest BCUT2D eigenvalue weighted by atomic mass is 16.3. The van der Waals surface area contributed by atoms with E-state index in [1.165, 1.54) is 0 Å². The van der Waals surface area contributed by atoms with Gasteiger partial charge >= 0.3 is 0 Å². The van der Waals surface area contributed by atoms with Gasteiger partial charge in [-0.15, -0.1) is 0 Å². The summed E-state index contributed by atoms with van der Waals surface area (Å²) >= 11 is 0. The van der Waals surface area contributed by atoms with E-state index in [4.69, 9.17) is 5.73 Å². The summed E-state index contributed by atoms with van der Waals surface area (Å²) in [7, 11) is 0. The van der Waals surface area contributed by atoms with Crippen LogP contribution in [0.2, 0.25) is 0 Å². The second kappa shape index (κ2) is 4.14. The molecule has 4 heteroatoms. The van der Waals surface area contributed by atoms with Crippen LogP contribution in [0.4, 0.5) is 0 Å². The van der Waals surface area contributed by atoms with Crippen LogP contribution in [0.1, 0.15) is 0 Å². The fourth-order valence-corrected chi connectivity index (χ4v) is 1.50. The second-order valence-electron chi connectivity index (χ2n) is 3.28. The Bertz CT molecular complexity index is 433. The van der Waals surface area contributed by atoms with Crippen molar-refractivity contribution in [2.45, 2.75) is 6.54 Å². The van der Waals surface area contributed by atoms with E-state index >= 15 is 0 Å². The Balaban J connectivity index is 2.36. The largest absolute Gasteiger partial charge is 0.508 e. The van der Waals surface area contributed by atoms with E-state index in [-0.39, 0.29) is 5.75 Å². The fourth-order valence-electron chi connectivity index (χ4n) is 1.50. The fraction of sp³-hybridized carbons (Fsp3) is 0.182. The lowest BCUT2D eigenvalue weighted by atomic mass is 10.2. The van der Waals surface area contributed by atoms with Crippen molar-refractivity contribution in [3.05, 3.63) is 36.7 Å². The number of hydrogen-bond acceptors (Lipinski definition) is 3. The van der Waals surface area contributed by atoms with Gasteiger partial charge in [-0.3, -0.25) is 0 Å². The monoisotopic (exact) mass is 203 g/mol. The minimum atomic E-state index is 0.260. The molecule has 1 heterocycles. The van der Waals surface area contributed by atoms with Crippen molar-refractivity contribution >= 4 is 0 Å². The second-order valence-corrected chi connectivity index (χ2v) is 3.28. The van der Waals surface area contributed by atoms with Crippen LogP contribution >= 0.6 is 0 Å². The third-order valence-corrected chi connectivity index (χ3v) is 2.21. The highest BCUT2D eigenvalue weighted by Gasteiger charge is 2.04. The van der Waals surface area contributed by atoms with Gasteiger partial charge in [0.1, 0.15) is 11.6 Å². The summed E-state index contributed by atoms with van der Waals surface area (Å²) in [4.78, 5) is 4.26. The molecule has 0 fully saturated rings. The Morgan fingerprint density at radius 2 is 2.00 bits per heavy atom. The van der Waals surface area contributed by atoms with Gasteiger partial charge in [-0.05, 0) is 24.3 Å². The van der Waals surface area contributed by atoms with Crippen molar-refractivity contribution in [3.8, 4) is 17.1 Å². The molecule has 15 heavy (non-hydrogen) atoms. The van der Waals surface area contributed by atoms with Gasteiger partial charge in [-0.2, -0.15) is 0 Å². The Labute approximate surface area is 88.0 Å². The van der Waals surface area contributed by atoms with E-state index in [2.05, 4.69) is 4.98 Å². The molecular formula is C11H13N3O. The molecule has 1 aromatic heterocycles. The van der Waals surface area contributed by atoms with Gasteiger partial charge < -0.3 is 15.4 Å². The van der Waals surface area contributed by atoms with Gasteiger partial charge in [-0.25, -0.2) is 4.98 Å². The smallest absolute Gasteiger partial charge is 0.139 e. The number of phenolic OH excluding ortho intramolecular Hbond substituents is 1. The highest BCUT2D eigenvalue weighted by Crippen LogP contribution is 2.19. The van der Waals surface area contributed by atoms with Crippen molar-refractivity contribution in [1.29, 1.82) is 0 Å². The molecule has 2 aromatic rings. The van der Waals surface area contributed by atoms with Crippen LogP contribution in [-0.2, 0) is 6.54 Å². The Hall–Kier alpha value is -1.81. The number of rotatable bonds is 3. The van der Waals surface area contributed by atoms with Crippen LogP contribution < -0.4 is 5.73 Å². The van der Waals surface area contributed by atoms with E-state index < -0.39 is 0 Å². The van der Waals surface area contributed by atoms with Crippen molar-refractivity contribution in [1.82, 2.24) is 9.55 Å². The maximum atomic E-state index is 9.18. The number of nitrogens with two attached hydrogens (primary N) is 1. The number of benzene rings is 1. The Morgan fingerprint density at radius 3 is 2.67 bits per heavy atom. The minimum Gasteiger partial charge on any atom is -0.508 e. The molecule has 0 radical (unpaired) electrons. The van der Waals surface area contributed by atoms with Crippen LogP contribution in [0.25, 0.3) is 11.4 Å². The lowest BCUT2D eigenvalue weighted by Crippen LogP contribution is -2.10. The summed E-state index contributed by atoms with van der Waals surface area (Å²) in [6.07, 6.45) is 3.65. The number of aromatic nitrogens is 2. The first-order chi connectivity index (χ1) is 7.31. The summed E-state index contributed by atoms with van der Waals surface area (Å²) < 4.78 is 1.99. The van der Waals surface area contributed by atoms with E-state index in [1.54, 1.807) is 18.3 Å². The zero-order chi connectivity index (χ0) is 10.7. The molecule has 0 amide bonds. The molecule has 0 bridgehead atoms. The van der Waals surface area contributed by atoms with Gasteiger partial charge in [0.05, 0.1) is 0 Å². The number of phenols is 1. The SMILES string of the molecule is NCCn1ccnc1-c1ccc(O)cc1. The normalized spacial score (nSPS) is 10.5. The van der Waals surface area contributed by atoms with Crippen molar-refractivity contribution in [2.75, 3.05) is 6.54 Å². The van der Waals surface area contributed by atoms with Crippen molar-refractivity contribution < 1.29 is 5.11 Å². The molecule has 0 saturated heterocycles. The molecule has 1 aromatic carbocycles. The van der Waals surface area contributed by atoms with Crippen LogP contribution in [0.5, 0.6) is 5.75 Å². The maximum Gasteiger partial charge on any atom is 0.139 e. The van der Waals surface area contributed by atoms with E-state index in [0.717, 1.165) is 17.9 Å². The van der Waals surface area contributed by atoms with Gasteiger partial charge in [-0.1, -0.05) is 0 Å². The zero-order valence-electron chi connectivity index (χ0n) is 8.30. The van der Waals surface area contributed by atoms with Crippen molar-refractivity contribution in [2.24, 2.45) is 5.73 Å². The molecule has 78 valence electrons. The predicted molar refractivity (Wildman–Crippen MR) is 58.4 cm³/mol. The average Bonchev–Trinajstić information content (AvgIpc) is 2.68. The first kappa shape index (κ1) is 9.73. The first-order valence-electron chi connectivity index (χ1n) is 4.82. The summed E-state index contributed by atoms with van der Waals surface area (Å²) in [5.41, 5.74) is 6.48. The van der Waals surface area contributed by atoms with Crippen LogP contribution in [0.15, 0.2) is 36.7 Å². The molecule has 0 aliphatic carbocycles. The van der Waals surface area contributed by atoms with Crippen molar-refractivity contribution in [3.63, 3.8) is 0 Å². The van der Waals surface area contributed by atoms with E-state index in [0.29, 0.717) is 6.54 Å². The third-order valence-electron chi connectivity index (χ3n) is 2.21. The van der Waals surface area contributed by atoms with Gasteiger partial charge in [0, 0.05) is 31.0 Å². The summed E-state index contributed by atoms with van der Waals surface area (Å²) in [5.74, 6) is 1.14. The van der Waals surface area contributed by atoms with Crippen LogP contribution in [-0.4, -0.2) is 21.2 Å². The highest BCUT2D eigenvalue weighted by molar-refractivity contribution is 5.56. The molecule has 0 atom stereocenters. The number of imidazole rings is 1. The number of aromatic hydroxyl groups is 1. The molecule has 0 spiro atoms. The van der Waals surface area contributed by atoms with Crippen LogP contribution in [0, 0.1) is 0 Å². The third kappa shape index (κ3) is 1.99. The number of hydrogen-bond donors (Lipinski definition) is 2. The molecule has 0 unspecified atom stereocenters.